The van der Waals surface area contributed by atoms with Crippen LogP contribution in [0.1, 0.15) is 5.56 Å². The number of aromatic nitrogens is 1. The first kappa shape index (κ1) is 17.4. The second-order valence-electron chi connectivity index (χ2n) is 4.96. The highest BCUT2D eigenvalue weighted by atomic mass is 19.1. The molecule has 0 fully saturated rings. The zero-order chi connectivity index (χ0) is 16.2. The van der Waals surface area contributed by atoms with Gasteiger partial charge in [0.1, 0.15) is 18.2 Å². The van der Waals surface area contributed by atoms with Gasteiger partial charge in [-0.3, -0.25) is 0 Å². The summed E-state index contributed by atoms with van der Waals surface area (Å²) in [5.41, 5.74) is 7.40. The molecular weight excluding hydrogens is 314 g/mol. The fourth-order valence-corrected chi connectivity index (χ4v) is 2.18. The van der Waals surface area contributed by atoms with Crippen molar-refractivity contribution in [2.45, 2.75) is 6.61 Å². The third-order valence-corrected chi connectivity index (χ3v) is 3.42. The Labute approximate surface area is 137 Å². The summed E-state index contributed by atoms with van der Waals surface area (Å²) in [6.45, 7) is -0.261. The monoisotopic (exact) mass is 330 g/mol. The summed E-state index contributed by atoms with van der Waals surface area (Å²) >= 11 is 0. The second kappa shape index (κ2) is 7.52. The molecule has 0 saturated carbocycles. The molecule has 0 radical (unpaired) electrons. The number of benzene rings is 2. The molecule has 124 valence electrons. The highest BCUT2D eigenvalue weighted by molar-refractivity contribution is 5.66. The molecule has 2 aromatic carbocycles. The smallest absolute Gasteiger partial charge is 0.166 e. The normalized spacial score (nSPS) is 10.1. The van der Waals surface area contributed by atoms with E-state index >= 15 is 0 Å². The van der Waals surface area contributed by atoms with Gasteiger partial charge in [-0.1, -0.05) is 36.4 Å². The van der Waals surface area contributed by atoms with Gasteiger partial charge in [-0.25, -0.2) is 13.8 Å². The summed E-state index contributed by atoms with van der Waals surface area (Å²) in [7, 11) is 0. The van der Waals surface area contributed by atoms with Crippen LogP contribution in [0.15, 0.2) is 60.8 Å². The Hall–Kier alpha value is -2.99. The summed E-state index contributed by atoms with van der Waals surface area (Å²) in [4.78, 5) is 4.08. The van der Waals surface area contributed by atoms with Crippen molar-refractivity contribution < 1.29 is 19.0 Å². The Morgan fingerprint density at radius 2 is 1.58 bits per heavy atom. The van der Waals surface area contributed by atoms with Crippen molar-refractivity contribution in [3.63, 3.8) is 0 Å². The Morgan fingerprint density at radius 3 is 2.25 bits per heavy atom. The van der Waals surface area contributed by atoms with E-state index in [4.69, 9.17) is 10.5 Å². The van der Waals surface area contributed by atoms with Gasteiger partial charge in [-0.2, -0.15) is 0 Å². The minimum atomic E-state index is -0.657. The molecule has 1 aromatic heterocycles. The van der Waals surface area contributed by atoms with Crippen molar-refractivity contribution in [3.05, 3.63) is 78.0 Å². The third-order valence-electron chi connectivity index (χ3n) is 3.42. The third kappa shape index (κ3) is 3.67. The maximum absolute atomic E-state index is 13.6. The van der Waals surface area contributed by atoms with E-state index in [2.05, 4.69) is 4.98 Å². The fraction of sp³-hybridized carbons (Fsp3) is 0.0556. The van der Waals surface area contributed by atoms with Crippen LogP contribution in [0, 0.1) is 11.6 Å². The van der Waals surface area contributed by atoms with Crippen LogP contribution in [0.3, 0.4) is 0 Å². The highest BCUT2D eigenvalue weighted by Crippen LogP contribution is 2.28. The van der Waals surface area contributed by atoms with Gasteiger partial charge >= 0.3 is 0 Å². The Bertz CT molecular complexity index is 806. The zero-order valence-corrected chi connectivity index (χ0v) is 12.7. The summed E-state index contributed by atoms with van der Waals surface area (Å²) in [5.74, 6) is -0.859. The van der Waals surface area contributed by atoms with Gasteiger partial charge in [0, 0.05) is 11.8 Å². The molecular formula is C18H16F2N2O2. The summed E-state index contributed by atoms with van der Waals surface area (Å²) in [5, 5.41) is 0. The quantitative estimate of drug-likeness (QED) is 0.796. The molecule has 4 nitrogen and oxygen atoms in total. The molecule has 0 amide bonds. The van der Waals surface area contributed by atoms with Crippen molar-refractivity contribution in [1.82, 2.24) is 4.98 Å². The molecule has 0 saturated heterocycles. The summed E-state index contributed by atoms with van der Waals surface area (Å²) in [6, 6.07) is 14.9. The van der Waals surface area contributed by atoms with Crippen LogP contribution in [0.5, 0.6) is 5.75 Å². The lowest BCUT2D eigenvalue weighted by molar-refractivity contribution is 0.293. The largest absolute Gasteiger partial charge is 0.485 e. The molecule has 0 aliphatic rings. The lowest BCUT2D eigenvalue weighted by Crippen LogP contribution is -2.04. The molecule has 1 heterocycles. The molecule has 3 rings (SSSR count). The molecule has 3 aromatic rings. The van der Waals surface area contributed by atoms with E-state index < -0.39 is 11.6 Å². The second-order valence-corrected chi connectivity index (χ2v) is 4.96. The lowest BCUT2D eigenvalue weighted by Gasteiger charge is -2.11. The Balaban J connectivity index is 0.00000208. The number of halogens is 2. The number of hydrogen-bond acceptors (Lipinski definition) is 3. The number of nitrogens with two attached hydrogens (primary N) is 1. The van der Waals surface area contributed by atoms with Crippen molar-refractivity contribution in [2.75, 3.05) is 5.73 Å². The first-order chi connectivity index (χ1) is 11.1. The number of hydrogen-bond donors (Lipinski definition) is 1. The molecule has 0 bridgehead atoms. The maximum Gasteiger partial charge on any atom is 0.166 e. The van der Waals surface area contributed by atoms with Crippen molar-refractivity contribution in [2.24, 2.45) is 0 Å². The van der Waals surface area contributed by atoms with Crippen molar-refractivity contribution in [3.8, 4) is 16.9 Å². The average Bonchev–Trinajstić information content (AvgIpc) is 2.57. The fourth-order valence-electron chi connectivity index (χ4n) is 2.18. The molecule has 6 heteroatoms. The summed E-state index contributed by atoms with van der Waals surface area (Å²) < 4.78 is 32.7. The number of anilines is 1. The Morgan fingerprint density at radius 1 is 0.917 bits per heavy atom. The predicted molar refractivity (Wildman–Crippen MR) is 88.4 cm³/mol. The van der Waals surface area contributed by atoms with Crippen LogP contribution < -0.4 is 10.5 Å². The van der Waals surface area contributed by atoms with Gasteiger partial charge in [0.2, 0.25) is 0 Å². The van der Waals surface area contributed by atoms with E-state index in [1.54, 1.807) is 12.3 Å². The van der Waals surface area contributed by atoms with E-state index in [0.29, 0.717) is 0 Å². The minimum Gasteiger partial charge on any atom is -0.485 e. The van der Waals surface area contributed by atoms with Gasteiger partial charge in [0.15, 0.2) is 11.6 Å². The van der Waals surface area contributed by atoms with Gasteiger partial charge in [0.05, 0.1) is 5.56 Å². The highest BCUT2D eigenvalue weighted by Gasteiger charge is 2.11. The minimum absolute atomic E-state index is 0. The Kier molecular flexibility index (Phi) is 5.44. The van der Waals surface area contributed by atoms with E-state index in [-0.39, 0.29) is 29.2 Å². The van der Waals surface area contributed by atoms with E-state index in [9.17, 15) is 8.78 Å². The van der Waals surface area contributed by atoms with E-state index in [0.717, 1.165) is 11.1 Å². The summed E-state index contributed by atoms with van der Waals surface area (Å²) in [6.07, 6.45) is 1.63. The first-order valence-corrected chi connectivity index (χ1v) is 7.02. The average molecular weight is 330 g/mol. The molecule has 4 N–H and O–H groups in total. The molecule has 0 spiro atoms. The van der Waals surface area contributed by atoms with Crippen molar-refractivity contribution >= 4 is 5.82 Å². The van der Waals surface area contributed by atoms with Crippen molar-refractivity contribution in [1.29, 1.82) is 0 Å². The lowest BCUT2D eigenvalue weighted by atomic mass is 10.1. The number of ether oxygens (including phenoxy) is 1. The van der Waals surface area contributed by atoms with Gasteiger partial charge < -0.3 is 15.9 Å². The van der Waals surface area contributed by atoms with Gasteiger partial charge in [-0.05, 0) is 23.8 Å². The molecule has 0 unspecified atom stereocenters. The van der Waals surface area contributed by atoms with Crippen LogP contribution >= 0.6 is 0 Å². The first-order valence-electron chi connectivity index (χ1n) is 7.02. The van der Waals surface area contributed by atoms with E-state index in [1.807, 2.05) is 30.3 Å². The van der Waals surface area contributed by atoms with Gasteiger partial charge in [-0.15, -0.1) is 0 Å². The van der Waals surface area contributed by atoms with Crippen LogP contribution in [-0.2, 0) is 6.61 Å². The van der Waals surface area contributed by atoms with Crippen LogP contribution in [-0.4, -0.2) is 10.5 Å². The van der Waals surface area contributed by atoms with E-state index in [1.165, 1.54) is 18.2 Å². The molecule has 0 atom stereocenters. The van der Waals surface area contributed by atoms with Gasteiger partial charge in [0.25, 0.3) is 0 Å². The van der Waals surface area contributed by atoms with Crippen LogP contribution in [0.4, 0.5) is 14.6 Å². The van der Waals surface area contributed by atoms with Crippen LogP contribution in [0.2, 0.25) is 0 Å². The number of nitrogens with zero attached hydrogens (tertiary/aromatic N) is 1. The molecule has 0 aliphatic heterocycles. The maximum atomic E-state index is 13.6. The predicted octanol–water partition coefficient (Wildman–Crippen LogP) is 3.36. The number of nitrogen functional groups attached to an aromatic ring is 1. The number of pyridine rings is 1. The zero-order valence-electron chi connectivity index (χ0n) is 12.7. The van der Waals surface area contributed by atoms with Crippen LogP contribution in [0.25, 0.3) is 11.1 Å². The molecule has 24 heavy (non-hydrogen) atoms. The topological polar surface area (TPSA) is 79.6 Å². The standard InChI is InChI=1S/C18H14F2N2O.H2O/c19-15-7-4-8-16(20)14(15)11-23-17-9-13(10-22-18(17)21)12-5-2-1-3-6-12;/h1-10H,11H2,(H2,21,22);1H2. The number of rotatable bonds is 4. The molecule has 0 aliphatic carbocycles. The SMILES string of the molecule is Nc1ncc(-c2ccccc2)cc1OCc1c(F)cccc1F.O.